The van der Waals surface area contributed by atoms with E-state index in [2.05, 4.69) is 15.5 Å². The van der Waals surface area contributed by atoms with Crippen molar-refractivity contribution in [3.63, 3.8) is 0 Å². The van der Waals surface area contributed by atoms with Gasteiger partial charge in [-0.05, 0) is 11.6 Å². The van der Waals surface area contributed by atoms with Crippen molar-refractivity contribution < 1.29 is 17.6 Å². The minimum atomic E-state index is -3.79. The molecule has 1 amide bonds. The number of nitrogens with zero attached hydrogens (tertiary/aromatic N) is 2. The van der Waals surface area contributed by atoms with Gasteiger partial charge >= 0.3 is 5.22 Å². The summed E-state index contributed by atoms with van der Waals surface area (Å²) in [6.45, 7) is 5.68. The van der Waals surface area contributed by atoms with Crippen LogP contribution in [0.4, 0.5) is 0 Å². The number of halogens is 1. The van der Waals surface area contributed by atoms with Crippen molar-refractivity contribution in [1.29, 1.82) is 0 Å². The number of carbonyl (C=O) groups excluding carboxylic acids is 1. The number of nitrogens with one attached hydrogen (secondary N) is 1. The Bertz CT molecular complexity index is 856. The van der Waals surface area contributed by atoms with Crippen LogP contribution in [-0.2, 0) is 26.8 Å². The van der Waals surface area contributed by atoms with Crippen LogP contribution in [0.25, 0.3) is 0 Å². The van der Waals surface area contributed by atoms with E-state index < -0.39 is 20.5 Å². The first kappa shape index (κ1) is 19.4. The monoisotopic (exact) mass is 385 g/mol. The van der Waals surface area contributed by atoms with Gasteiger partial charge in [-0.2, -0.15) is 0 Å². The first-order valence-electron chi connectivity index (χ1n) is 7.66. The number of hydrogen-bond acceptors (Lipinski definition) is 6. The molecular weight excluding hydrogens is 366 g/mol. The van der Waals surface area contributed by atoms with Gasteiger partial charge in [0, 0.05) is 23.4 Å². The predicted octanol–water partition coefficient (Wildman–Crippen LogP) is 2.40. The number of sulfone groups is 1. The Labute approximate surface area is 151 Å². The highest BCUT2D eigenvalue weighted by Crippen LogP contribution is 2.21. The lowest BCUT2D eigenvalue weighted by Gasteiger charge is -2.16. The van der Waals surface area contributed by atoms with E-state index in [0.717, 1.165) is 0 Å². The van der Waals surface area contributed by atoms with Crippen molar-refractivity contribution in [2.24, 2.45) is 5.41 Å². The lowest BCUT2D eigenvalue weighted by Crippen LogP contribution is -2.35. The van der Waals surface area contributed by atoms with Crippen LogP contribution >= 0.6 is 11.6 Å². The fourth-order valence-corrected chi connectivity index (χ4v) is 3.35. The molecule has 1 N–H and O–H groups in total. The highest BCUT2D eigenvalue weighted by Gasteiger charge is 2.24. The molecule has 0 bridgehead atoms. The summed E-state index contributed by atoms with van der Waals surface area (Å²) in [6.07, 6.45) is 0.246. The van der Waals surface area contributed by atoms with Gasteiger partial charge in [0.05, 0.1) is 5.75 Å². The minimum Gasteiger partial charge on any atom is -0.412 e. The van der Waals surface area contributed by atoms with Crippen LogP contribution in [0.5, 0.6) is 0 Å². The largest absolute Gasteiger partial charge is 0.412 e. The normalized spacial score (nSPS) is 12.2. The molecule has 0 aliphatic rings. The lowest BCUT2D eigenvalue weighted by atomic mass is 9.96. The molecule has 0 saturated carbocycles. The molecule has 2 rings (SSSR count). The Hall–Kier alpha value is -1.93. The zero-order valence-corrected chi connectivity index (χ0v) is 15.8. The highest BCUT2D eigenvalue weighted by molar-refractivity contribution is 7.90. The maximum absolute atomic E-state index is 12.4. The molecule has 1 aromatic heterocycles. The van der Waals surface area contributed by atoms with Crippen molar-refractivity contribution >= 4 is 27.3 Å². The number of benzene rings is 1. The Morgan fingerprint density at radius 1 is 1.24 bits per heavy atom. The van der Waals surface area contributed by atoms with Gasteiger partial charge < -0.3 is 9.73 Å². The maximum Gasteiger partial charge on any atom is 0.335 e. The minimum absolute atomic E-state index is 0.112. The zero-order valence-electron chi connectivity index (χ0n) is 14.2. The fourth-order valence-electron chi connectivity index (χ4n) is 1.89. The van der Waals surface area contributed by atoms with Crippen molar-refractivity contribution in [2.45, 2.75) is 38.2 Å². The summed E-state index contributed by atoms with van der Waals surface area (Å²) >= 11 is 5.99. The molecule has 0 saturated heterocycles. The quantitative estimate of drug-likeness (QED) is 0.819. The van der Waals surface area contributed by atoms with Gasteiger partial charge in [-0.3, -0.25) is 4.79 Å². The van der Waals surface area contributed by atoms with E-state index >= 15 is 0 Å². The van der Waals surface area contributed by atoms with Crippen LogP contribution in [-0.4, -0.2) is 31.1 Å². The molecule has 2 aromatic rings. The predicted molar refractivity (Wildman–Crippen MR) is 92.8 cm³/mol. The first-order chi connectivity index (χ1) is 11.6. The van der Waals surface area contributed by atoms with Gasteiger partial charge in [0.25, 0.3) is 0 Å². The third kappa shape index (κ3) is 5.27. The molecule has 0 unspecified atom stereocenters. The average Bonchev–Trinajstić information content (AvgIpc) is 2.98. The Kier molecular flexibility index (Phi) is 5.84. The molecule has 0 fully saturated rings. The van der Waals surface area contributed by atoms with E-state index in [1.807, 2.05) is 0 Å². The Balaban J connectivity index is 2.00. The first-order valence-corrected chi connectivity index (χ1v) is 9.69. The Morgan fingerprint density at radius 2 is 1.92 bits per heavy atom. The summed E-state index contributed by atoms with van der Waals surface area (Å²) < 4.78 is 29.9. The van der Waals surface area contributed by atoms with E-state index in [4.69, 9.17) is 16.0 Å². The van der Waals surface area contributed by atoms with Crippen LogP contribution < -0.4 is 5.32 Å². The van der Waals surface area contributed by atoms with Gasteiger partial charge in [-0.15, -0.1) is 5.10 Å². The molecule has 136 valence electrons. The van der Waals surface area contributed by atoms with Gasteiger partial charge in [0.15, 0.2) is 0 Å². The van der Waals surface area contributed by atoms with E-state index in [9.17, 15) is 13.2 Å². The topological polar surface area (TPSA) is 102 Å². The van der Waals surface area contributed by atoms with Crippen molar-refractivity contribution in [2.75, 3.05) is 6.54 Å². The number of amides is 1. The average molecular weight is 386 g/mol. The molecule has 7 nitrogen and oxygen atoms in total. The van der Waals surface area contributed by atoms with Gasteiger partial charge in [-0.1, -0.05) is 55.7 Å². The van der Waals surface area contributed by atoms with Crippen LogP contribution in [0.15, 0.2) is 33.9 Å². The summed E-state index contributed by atoms with van der Waals surface area (Å²) in [5, 5.41) is 9.96. The molecule has 0 atom stereocenters. The molecule has 0 spiro atoms. The fraction of sp³-hybridized carbons (Fsp3) is 0.438. The molecule has 9 heteroatoms. The number of hydrogen-bond donors (Lipinski definition) is 1. The van der Waals surface area contributed by atoms with E-state index in [1.165, 1.54) is 0 Å². The second kappa shape index (κ2) is 7.53. The van der Waals surface area contributed by atoms with Gasteiger partial charge in [0.1, 0.15) is 0 Å². The Morgan fingerprint density at radius 3 is 2.56 bits per heavy atom. The van der Waals surface area contributed by atoms with Crippen LogP contribution in [0.3, 0.4) is 0 Å². The maximum atomic E-state index is 12.4. The second-order valence-corrected chi connectivity index (χ2v) is 8.84. The van der Waals surface area contributed by atoms with Crippen LogP contribution in [0, 0.1) is 5.41 Å². The standard InChI is InChI=1S/C16H20ClN3O4S/c1-16(2,3)14(21)18-9-8-13-19-20-15(24-13)25(22,23)10-11-6-4-5-7-12(11)17/h4-7H,8-10H2,1-3H3,(H,18,21). The van der Waals surface area contributed by atoms with E-state index in [-0.39, 0.29) is 30.5 Å². The lowest BCUT2D eigenvalue weighted by molar-refractivity contribution is -0.128. The smallest absolute Gasteiger partial charge is 0.335 e. The zero-order chi connectivity index (χ0) is 18.7. The second-order valence-electron chi connectivity index (χ2n) is 6.57. The summed E-state index contributed by atoms with van der Waals surface area (Å²) in [5.74, 6) is -0.291. The molecule has 0 radical (unpaired) electrons. The molecule has 1 aromatic carbocycles. The molecule has 0 aliphatic carbocycles. The molecule has 1 heterocycles. The van der Waals surface area contributed by atoms with E-state index in [1.54, 1.807) is 45.0 Å². The van der Waals surface area contributed by atoms with Crippen molar-refractivity contribution in [1.82, 2.24) is 15.5 Å². The van der Waals surface area contributed by atoms with Crippen LogP contribution in [0.1, 0.15) is 32.2 Å². The van der Waals surface area contributed by atoms with Crippen LogP contribution in [0.2, 0.25) is 5.02 Å². The summed E-state index contributed by atoms with van der Waals surface area (Å²) in [6, 6.07) is 6.66. The molecule has 0 aliphatic heterocycles. The summed E-state index contributed by atoms with van der Waals surface area (Å²) in [5.41, 5.74) is -0.0421. The number of rotatable bonds is 6. The van der Waals surface area contributed by atoms with Crippen molar-refractivity contribution in [3.8, 4) is 0 Å². The number of aromatic nitrogens is 2. The molecular formula is C16H20ClN3O4S. The molecule has 25 heavy (non-hydrogen) atoms. The third-order valence-electron chi connectivity index (χ3n) is 3.32. The van der Waals surface area contributed by atoms with Gasteiger partial charge in [0.2, 0.25) is 21.6 Å². The number of carbonyl (C=O) groups is 1. The van der Waals surface area contributed by atoms with E-state index in [0.29, 0.717) is 10.6 Å². The van der Waals surface area contributed by atoms with Crippen molar-refractivity contribution in [3.05, 3.63) is 40.7 Å². The summed E-state index contributed by atoms with van der Waals surface area (Å²) in [7, 11) is -3.79. The summed E-state index contributed by atoms with van der Waals surface area (Å²) in [4.78, 5) is 11.8. The third-order valence-corrected chi connectivity index (χ3v) is 5.08. The SMILES string of the molecule is CC(C)(C)C(=O)NCCc1nnc(S(=O)(=O)Cc2ccccc2Cl)o1. The highest BCUT2D eigenvalue weighted by atomic mass is 35.5. The van der Waals surface area contributed by atoms with Gasteiger partial charge in [-0.25, -0.2) is 8.42 Å².